The molecule has 0 unspecified atom stereocenters. The third-order valence-corrected chi connectivity index (χ3v) is 5.45. The third kappa shape index (κ3) is 3.62. The number of hydrogen-bond acceptors (Lipinski definition) is 3. The summed E-state index contributed by atoms with van der Waals surface area (Å²) < 4.78 is 0. The van der Waals surface area contributed by atoms with Crippen molar-refractivity contribution in [3.63, 3.8) is 0 Å². The van der Waals surface area contributed by atoms with E-state index in [1.165, 1.54) is 55.6 Å². The molecule has 1 aliphatic carbocycles. The maximum absolute atomic E-state index is 5.02. The summed E-state index contributed by atoms with van der Waals surface area (Å²) in [6, 6.07) is 0. The Hall–Kier alpha value is -0.410. The summed E-state index contributed by atoms with van der Waals surface area (Å²) in [7, 11) is 0. The van der Waals surface area contributed by atoms with Gasteiger partial charge in [-0.25, -0.2) is 4.98 Å². The maximum Gasteiger partial charge on any atom is 0.113 e. The Morgan fingerprint density at radius 3 is 2.25 bits per heavy atom. The molecule has 0 bridgehead atoms. The molecular weight excluding hydrogens is 264 g/mol. The first-order valence-corrected chi connectivity index (χ1v) is 9.07. The van der Waals surface area contributed by atoms with Gasteiger partial charge in [-0.05, 0) is 19.4 Å². The van der Waals surface area contributed by atoms with Crippen molar-refractivity contribution >= 4 is 11.3 Å². The molecule has 0 spiro atoms. The van der Waals surface area contributed by atoms with E-state index in [2.05, 4.69) is 38.4 Å². The van der Waals surface area contributed by atoms with Gasteiger partial charge >= 0.3 is 0 Å². The van der Waals surface area contributed by atoms with E-state index in [-0.39, 0.29) is 11.0 Å². The Balaban J connectivity index is 2.28. The average molecular weight is 295 g/mol. The van der Waals surface area contributed by atoms with Crippen LogP contribution in [0.3, 0.4) is 0 Å². The summed E-state index contributed by atoms with van der Waals surface area (Å²) in [6.45, 7) is 10.0. The minimum Gasteiger partial charge on any atom is -0.306 e. The smallest absolute Gasteiger partial charge is 0.113 e. The lowest BCUT2D eigenvalue weighted by molar-refractivity contribution is 0.256. The molecule has 1 N–H and O–H groups in total. The van der Waals surface area contributed by atoms with Crippen LogP contribution in [0.15, 0.2) is 5.38 Å². The highest BCUT2D eigenvalue weighted by molar-refractivity contribution is 7.09. The molecule has 2 rings (SSSR count). The van der Waals surface area contributed by atoms with Crippen LogP contribution in [0.2, 0.25) is 0 Å². The maximum atomic E-state index is 5.02. The number of nitrogens with one attached hydrogen (secondary N) is 1. The second-order valence-corrected chi connectivity index (χ2v) is 8.03. The van der Waals surface area contributed by atoms with Crippen LogP contribution in [-0.2, 0) is 11.0 Å². The van der Waals surface area contributed by atoms with E-state index in [0.29, 0.717) is 0 Å². The fourth-order valence-corrected chi connectivity index (χ4v) is 4.43. The first-order chi connectivity index (χ1) is 9.48. The molecule has 1 aromatic heterocycles. The highest BCUT2D eigenvalue weighted by Crippen LogP contribution is 2.38. The van der Waals surface area contributed by atoms with Gasteiger partial charge in [-0.1, -0.05) is 59.8 Å². The van der Waals surface area contributed by atoms with E-state index in [0.717, 1.165) is 6.54 Å². The standard InChI is InChI=1S/C17H30N2S/c1-5-18-17(11-9-7-6-8-10-12-17)15-19-14(13-20-15)16(2,3)4/h13,18H,5-12H2,1-4H3. The molecule has 0 aliphatic heterocycles. The van der Waals surface area contributed by atoms with Crippen LogP contribution >= 0.6 is 11.3 Å². The first-order valence-electron chi connectivity index (χ1n) is 8.19. The van der Waals surface area contributed by atoms with Gasteiger partial charge in [0.05, 0.1) is 11.2 Å². The molecule has 1 saturated carbocycles. The van der Waals surface area contributed by atoms with Crippen molar-refractivity contribution in [3.05, 3.63) is 16.1 Å². The third-order valence-electron chi connectivity index (χ3n) is 4.40. The van der Waals surface area contributed by atoms with Crippen LogP contribution in [0.25, 0.3) is 0 Å². The molecule has 0 atom stereocenters. The summed E-state index contributed by atoms with van der Waals surface area (Å²) in [5.41, 5.74) is 1.55. The van der Waals surface area contributed by atoms with Gasteiger partial charge in [0.1, 0.15) is 5.01 Å². The Labute approximate surface area is 128 Å². The molecule has 0 saturated heterocycles. The average Bonchev–Trinajstić information content (AvgIpc) is 2.82. The zero-order valence-corrected chi connectivity index (χ0v) is 14.4. The van der Waals surface area contributed by atoms with Gasteiger partial charge in [0, 0.05) is 10.8 Å². The zero-order chi connectivity index (χ0) is 14.6. The first kappa shape index (κ1) is 16.0. The summed E-state index contributed by atoms with van der Waals surface area (Å²) in [4.78, 5) is 5.02. The van der Waals surface area contributed by atoms with E-state index < -0.39 is 0 Å². The molecule has 2 nitrogen and oxygen atoms in total. The van der Waals surface area contributed by atoms with Crippen molar-refractivity contribution in [2.75, 3.05) is 6.54 Å². The predicted octanol–water partition coefficient (Wildman–Crippen LogP) is 4.99. The van der Waals surface area contributed by atoms with Crippen LogP contribution in [0.5, 0.6) is 0 Å². The molecule has 20 heavy (non-hydrogen) atoms. The van der Waals surface area contributed by atoms with Crippen molar-refractivity contribution in [2.45, 2.75) is 83.6 Å². The second-order valence-electron chi connectivity index (χ2n) is 7.17. The largest absolute Gasteiger partial charge is 0.306 e. The number of hydrogen-bond donors (Lipinski definition) is 1. The normalized spacial score (nSPS) is 20.4. The lowest BCUT2D eigenvalue weighted by Gasteiger charge is -2.34. The van der Waals surface area contributed by atoms with Crippen molar-refractivity contribution in [1.82, 2.24) is 10.3 Å². The fourth-order valence-electron chi connectivity index (χ4n) is 3.15. The van der Waals surface area contributed by atoms with Gasteiger partial charge in [0.25, 0.3) is 0 Å². The Morgan fingerprint density at radius 2 is 1.75 bits per heavy atom. The van der Waals surface area contributed by atoms with Crippen molar-refractivity contribution in [1.29, 1.82) is 0 Å². The van der Waals surface area contributed by atoms with E-state index in [9.17, 15) is 0 Å². The second kappa shape index (κ2) is 6.57. The van der Waals surface area contributed by atoms with Gasteiger partial charge in [0.2, 0.25) is 0 Å². The Kier molecular flexibility index (Phi) is 5.25. The summed E-state index contributed by atoms with van der Waals surface area (Å²) in [5.74, 6) is 0. The molecule has 1 fully saturated rings. The predicted molar refractivity (Wildman–Crippen MR) is 88.5 cm³/mol. The minimum atomic E-state index is 0.142. The Bertz CT molecular complexity index is 409. The molecular formula is C17H30N2S. The fraction of sp³-hybridized carbons (Fsp3) is 0.824. The molecule has 1 aromatic rings. The molecule has 3 heteroatoms. The van der Waals surface area contributed by atoms with E-state index in [1.807, 2.05) is 11.3 Å². The van der Waals surface area contributed by atoms with Gasteiger partial charge < -0.3 is 5.32 Å². The van der Waals surface area contributed by atoms with Gasteiger partial charge in [-0.3, -0.25) is 0 Å². The van der Waals surface area contributed by atoms with E-state index >= 15 is 0 Å². The van der Waals surface area contributed by atoms with Gasteiger partial charge in [-0.15, -0.1) is 11.3 Å². The molecule has 0 aromatic carbocycles. The van der Waals surface area contributed by atoms with E-state index in [4.69, 9.17) is 4.98 Å². The van der Waals surface area contributed by atoms with Crippen LogP contribution in [-0.4, -0.2) is 11.5 Å². The van der Waals surface area contributed by atoms with Gasteiger partial charge in [-0.2, -0.15) is 0 Å². The van der Waals surface area contributed by atoms with Gasteiger partial charge in [0.15, 0.2) is 0 Å². The van der Waals surface area contributed by atoms with Crippen molar-refractivity contribution in [2.24, 2.45) is 0 Å². The molecule has 114 valence electrons. The SMILES string of the molecule is CCNC1(c2nc(C(C)(C)C)cs2)CCCCCCC1. The van der Waals surface area contributed by atoms with Crippen molar-refractivity contribution in [3.8, 4) is 0 Å². The number of aromatic nitrogens is 1. The molecule has 0 radical (unpaired) electrons. The Morgan fingerprint density at radius 1 is 1.15 bits per heavy atom. The highest BCUT2D eigenvalue weighted by atomic mass is 32.1. The number of nitrogens with zero attached hydrogens (tertiary/aromatic N) is 1. The topological polar surface area (TPSA) is 24.9 Å². The lowest BCUT2D eigenvalue weighted by atomic mass is 9.84. The monoisotopic (exact) mass is 294 g/mol. The van der Waals surface area contributed by atoms with Crippen LogP contribution in [0.1, 0.15) is 83.3 Å². The molecule has 1 aliphatic rings. The van der Waals surface area contributed by atoms with Crippen LogP contribution in [0.4, 0.5) is 0 Å². The molecule has 0 amide bonds. The molecule has 1 heterocycles. The van der Waals surface area contributed by atoms with Crippen molar-refractivity contribution < 1.29 is 0 Å². The van der Waals surface area contributed by atoms with E-state index in [1.54, 1.807) is 0 Å². The highest BCUT2D eigenvalue weighted by Gasteiger charge is 2.35. The summed E-state index contributed by atoms with van der Waals surface area (Å²) in [5, 5.41) is 7.39. The van der Waals surface area contributed by atoms with Crippen LogP contribution in [0, 0.1) is 0 Å². The number of thiazole rings is 1. The minimum absolute atomic E-state index is 0.142. The zero-order valence-electron chi connectivity index (χ0n) is 13.6. The number of rotatable bonds is 3. The lowest BCUT2D eigenvalue weighted by Crippen LogP contribution is -2.43. The summed E-state index contributed by atoms with van der Waals surface area (Å²) in [6.07, 6.45) is 9.33. The quantitative estimate of drug-likeness (QED) is 0.849. The summed E-state index contributed by atoms with van der Waals surface area (Å²) >= 11 is 1.86. The van der Waals surface area contributed by atoms with Crippen LogP contribution < -0.4 is 5.32 Å².